The second-order valence-electron chi connectivity index (χ2n) is 6.37. The molecule has 0 saturated carbocycles. The molecular weight excluding hydrogens is 306 g/mol. The van der Waals surface area contributed by atoms with E-state index in [4.69, 9.17) is 0 Å². The van der Waals surface area contributed by atoms with Gasteiger partial charge in [-0.25, -0.2) is 14.2 Å². The SMILES string of the molecule is O=CBN1CC[C@H](NC(=O)[C@@H]2CC[C@@H]3CN2C(=O)N3O)[C@H](F)C1. The molecule has 3 saturated heterocycles. The van der Waals surface area contributed by atoms with E-state index in [9.17, 15) is 24.0 Å². The van der Waals surface area contributed by atoms with Gasteiger partial charge in [0.2, 0.25) is 5.91 Å². The summed E-state index contributed by atoms with van der Waals surface area (Å²) in [6.45, 7) is 0.984. The van der Waals surface area contributed by atoms with Crippen LogP contribution in [-0.4, -0.2) is 89.5 Å². The number of carbonyl (C=O) groups is 3. The summed E-state index contributed by atoms with van der Waals surface area (Å²) >= 11 is 0. The van der Waals surface area contributed by atoms with Crippen LogP contribution in [0.4, 0.5) is 9.18 Å². The summed E-state index contributed by atoms with van der Waals surface area (Å²) in [5, 5.41) is 13.0. The topological polar surface area (TPSA) is 93.2 Å². The van der Waals surface area contributed by atoms with E-state index in [1.807, 2.05) is 0 Å². The smallest absolute Gasteiger partial charge is 0.344 e. The van der Waals surface area contributed by atoms with E-state index in [0.717, 1.165) is 6.19 Å². The van der Waals surface area contributed by atoms with Crippen molar-refractivity contribution < 1.29 is 24.0 Å². The first-order valence-corrected chi connectivity index (χ1v) is 7.90. The fourth-order valence-corrected chi connectivity index (χ4v) is 3.60. The van der Waals surface area contributed by atoms with Crippen LogP contribution in [0.3, 0.4) is 0 Å². The zero-order valence-electron chi connectivity index (χ0n) is 12.7. The average molecular weight is 326 g/mol. The number of hydrogen-bond donors (Lipinski definition) is 2. The Labute approximate surface area is 133 Å². The van der Waals surface area contributed by atoms with E-state index in [1.165, 1.54) is 4.90 Å². The highest BCUT2D eigenvalue weighted by atomic mass is 19.1. The van der Waals surface area contributed by atoms with Crippen molar-refractivity contribution in [3.8, 4) is 0 Å². The number of rotatable bonds is 4. The third kappa shape index (κ3) is 3.05. The Morgan fingerprint density at radius 3 is 2.83 bits per heavy atom. The summed E-state index contributed by atoms with van der Waals surface area (Å²) in [6, 6.07) is -2.08. The Morgan fingerprint density at radius 2 is 2.13 bits per heavy atom. The summed E-state index contributed by atoms with van der Waals surface area (Å²) in [7, 11) is 0.194. The van der Waals surface area contributed by atoms with Crippen molar-refractivity contribution in [2.75, 3.05) is 19.6 Å². The molecule has 3 aliphatic heterocycles. The van der Waals surface area contributed by atoms with E-state index < -0.39 is 24.3 Å². The lowest BCUT2D eigenvalue weighted by molar-refractivity contribution is -0.127. The second kappa shape index (κ2) is 6.44. The quantitative estimate of drug-likeness (QED) is 0.381. The lowest BCUT2D eigenvalue weighted by atomic mass is 9.89. The number of nitrogens with zero attached hydrogens (tertiary/aromatic N) is 3. The van der Waals surface area contributed by atoms with Gasteiger partial charge in [0.15, 0.2) is 0 Å². The Bertz CT molecular complexity index is 510. The van der Waals surface area contributed by atoms with E-state index in [2.05, 4.69) is 5.32 Å². The van der Waals surface area contributed by atoms with Crippen molar-refractivity contribution in [1.82, 2.24) is 20.1 Å². The number of urea groups is 1. The summed E-state index contributed by atoms with van der Waals surface area (Å²) < 4.78 is 14.2. The van der Waals surface area contributed by atoms with E-state index in [0.29, 0.717) is 37.4 Å². The van der Waals surface area contributed by atoms with Crippen LogP contribution in [0.25, 0.3) is 0 Å². The van der Waals surface area contributed by atoms with Crippen LogP contribution in [0, 0.1) is 0 Å². The van der Waals surface area contributed by atoms with Gasteiger partial charge in [0.05, 0.1) is 18.3 Å². The average Bonchev–Trinajstić information content (AvgIpc) is 2.75. The van der Waals surface area contributed by atoms with Crippen LogP contribution in [0.2, 0.25) is 0 Å². The first kappa shape index (κ1) is 16.2. The number of hydrogen-bond acceptors (Lipinski definition) is 5. The zero-order chi connectivity index (χ0) is 16.6. The van der Waals surface area contributed by atoms with Gasteiger partial charge in [-0.2, -0.15) is 0 Å². The zero-order valence-corrected chi connectivity index (χ0v) is 12.7. The number of amides is 3. The molecular formula is C13H20BFN4O4. The van der Waals surface area contributed by atoms with E-state index >= 15 is 0 Å². The maximum atomic E-state index is 14.2. The van der Waals surface area contributed by atoms with E-state index in [-0.39, 0.29) is 25.9 Å². The Kier molecular flexibility index (Phi) is 4.54. The molecule has 3 amide bonds. The molecule has 126 valence electrons. The minimum absolute atomic E-state index is 0.115. The van der Waals surface area contributed by atoms with Gasteiger partial charge in [0.25, 0.3) is 7.41 Å². The minimum atomic E-state index is -1.24. The molecule has 2 N–H and O–H groups in total. The second-order valence-corrected chi connectivity index (χ2v) is 6.37. The van der Waals surface area contributed by atoms with Crippen molar-refractivity contribution >= 4 is 25.5 Å². The third-order valence-corrected chi connectivity index (χ3v) is 4.93. The molecule has 10 heteroatoms. The van der Waals surface area contributed by atoms with Crippen molar-refractivity contribution in [3.05, 3.63) is 0 Å². The highest BCUT2D eigenvalue weighted by Gasteiger charge is 2.47. The van der Waals surface area contributed by atoms with Gasteiger partial charge in [0, 0.05) is 13.1 Å². The van der Waals surface area contributed by atoms with Crippen LogP contribution in [0.15, 0.2) is 0 Å². The fourth-order valence-electron chi connectivity index (χ4n) is 3.60. The first-order chi connectivity index (χ1) is 11.0. The lowest BCUT2D eigenvalue weighted by Crippen LogP contribution is -2.57. The summed E-state index contributed by atoms with van der Waals surface area (Å²) in [6.07, 6.45) is 0.931. The van der Waals surface area contributed by atoms with Gasteiger partial charge >= 0.3 is 6.03 Å². The molecule has 0 aromatic carbocycles. The Morgan fingerprint density at radius 1 is 1.35 bits per heavy atom. The molecule has 0 aromatic heterocycles. The van der Waals surface area contributed by atoms with Crippen molar-refractivity contribution in [1.29, 1.82) is 0 Å². The summed E-state index contributed by atoms with van der Waals surface area (Å²) in [5.41, 5.74) is 0. The molecule has 0 aliphatic carbocycles. The van der Waals surface area contributed by atoms with Gasteiger partial charge < -0.3 is 19.8 Å². The van der Waals surface area contributed by atoms with E-state index in [1.54, 1.807) is 4.81 Å². The highest BCUT2D eigenvalue weighted by molar-refractivity contribution is 6.64. The van der Waals surface area contributed by atoms with Crippen LogP contribution in [0.5, 0.6) is 0 Å². The summed E-state index contributed by atoms with van der Waals surface area (Å²) in [4.78, 5) is 37.8. The highest BCUT2D eigenvalue weighted by Crippen LogP contribution is 2.28. The largest absolute Gasteiger partial charge is 0.349 e. The first-order valence-electron chi connectivity index (χ1n) is 7.90. The molecule has 3 fully saturated rings. The predicted molar refractivity (Wildman–Crippen MR) is 79.5 cm³/mol. The molecule has 0 unspecified atom stereocenters. The van der Waals surface area contributed by atoms with Crippen LogP contribution in [-0.2, 0) is 9.59 Å². The van der Waals surface area contributed by atoms with Crippen LogP contribution < -0.4 is 5.32 Å². The standard InChI is InChI=1S/C13H20BFN4O4/c15-9-6-17(14-7-20)4-3-10(9)16-12(21)11-2-1-8-5-18(11)13(22)19(8)23/h7-11,14,23H,1-6H2,(H,16,21)/t8-,9-,10+,11+/m1/s1. The van der Waals surface area contributed by atoms with Crippen LogP contribution in [0.1, 0.15) is 19.3 Å². The molecule has 2 bridgehead atoms. The number of carbonyl (C=O) groups excluding carboxylic acids is 3. The molecule has 8 nitrogen and oxygen atoms in total. The minimum Gasteiger partial charge on any atom is -0.349 e. The number of nitrogens with one attached hydrogen (secondary N) is 1. The number of alkyl halides is 1. The maximum absolute atomic E-state index is 14.2. The van der Waals surface area contributed by atoms with Gasteiger partial charge in [-0.15, -0.1) is 0 Å². The van der Waals surface area contributed by atoms with Crippen molar-refractivity contribution in [3.63, 3.8) is 0 Å². The molecule has 0 aromatic rings. The predicted octanol–water partition coefficient (Wildman–Crippen LogP) is -1.29. The van der Waals surface area contributed by atoms with Gasteiger partial charge in [-0.05, 0) is 25.8 Å². The van der Waals surface area contributed by atoms with Crippen molar-refractivity contribution in [2.45, 2.75) is 43.6 Å². The number of piperidine rings is 2. The number of fused-ring (bicyclic) bond motifs is 2. The fraction of sp³-hybridized carbons (Fsp3) is 0.769. The lowest BCUT2D eigenvalue weighted by Gasteiger charge is -2.36. The molecule has 23 heavy (non-hydrogen) atoms. The number of hydroxylamine groups is 2. The monoisotopic (exact) mass is 326 g/mol. The third-order valence-electron chi connectivity index (χ3n) is 4.93. The molecule has 3 rings (SSSR count). The normalized spacial score (nSPS) is 34.4. The molecule has 4 atom stereocenters. The molecule has 0 radical (unpaired) electrons. The van der Waals surface area contributed by atoms with Gasteiger partial charge in [-0.1, -0.05) is 0 Å². The molecule has 3 heterocycles. The van der Waals surface area contributed by atoms with Crippen molar-refractivity contribution in [2.24, 2.45) is 0 Å². The summed E-state index contributed by atoms with van der Waals surface area (Å²) in [5.74, 6) is -0.372. The Balaban J connectivity index is 1.57. The number of halogens is 1. The maximum Gasteiger partial charge on any atom is 0.344 e. The van der Waals surface area contributed by atoms with Gasteiger partial charge in [0.1, 0.15) is 12.2 Å². The van der Waals surface area contributed by atoms with Gasteiger partial charge in [-0.3, -0.25) is 10.0 Å². The molecule has 3 aliphatic rings. The Hall–Kier alpha value is -1.68. The molecule has 0 spiro atoms. The van der Waals surface area contributed by atoms with Crippen LogP contribution >= 0.6 is 0 Å².